The van der Waals surface area contributed by atoms with E-state index in [1.807, 2.05) is 38.1 Å². The molecule has 0 spiro atoms. The number of aryl methyl sites for hydroxylation is 2. The Balaban J connectivity index is 1.31. The Bertz CT molecular complexity index is 1170. The van der Waals surface area contributed by atoms with E-state index in [0.717, 1.165) is 17.5 Å². The molecule has 2 bridgehead atoms. The smallest absolute Gasteiger partial charge is 0.338 e. The molecule has 6 heteroatoms. The number of rotatable bonds is 5. The van der Waals surface area contributed by atoms with Crippen molar-refractivity contribution in [2.75, 3.05) is 11.5 Å². The second kappa shape index (κ2) is 7.55. The first-order chi connectivity index (χ1) is 15.3. The van der Waals surface area contributed by atoms with Gasteiger partial charge in [-0.25, -0.2) is 9.69 Å². The fourth-order valence-corrected chi connectivity index (χ4v) is 5.26. The predicted molar refractivity (Wildman–Crippen MR) is 117 cm³/mol. The first-order valence-corrected chi connectivity index (χ1v) is 10.8. The number of hydrogen-bond acceptors (Lipinski definition) is 5. The van der Waals surface area contributed by atoms with Crippen LogP contribution in [0, 0.1) is 37.5 Å². The van der Waals surface area contributed by atoms with E-state index in [4.69, 9.17) is 4.74 Å². The number of esters is 1. The number of carbonyl (C=O) groups is 4. The van der Waals surface area contributed by atoms with E-state index in [0.29, 0.717) is 11.3 Å². The molecule has 5 rings (SSSR count). The summed E-state index contributed by atoms with van der Waals surface area (Å²) >= 11 is 0. The van der Waals surface area contributed by atoms with E-state index < -0.39 is 5.97 Å². The van der Waals surface area contributed by atoms with Gasteiger partial charge in [0.15, 0.2) is 6.61 Å². The number of Topliss-reactive ketones (excluding diaryl/α,β-unsaturated/α-hetero) is 1. The Hall–Kier alpha value is -3.54. The first-order valence-electron chi connectivity index (χ1n) is 10.8. The van der Waals surface area contributed by atoms with Gasteiger partial charge in [0.2, 0.25) is 17.6 Å². The van der Waals surface area contributed by atoms with Gasteiger partial charge in [-0.05, 0) is 61.9 Å². The molecular weight excluding hydrogens is 406 g/mol. The number of carbonyl (C=O) groups excluding carboxylic acids is 4. The Morgan fingerprint density at radius 3 is 2.34 bits per heavy atom. The summed E-state index contributed by atoms with van der Waals surface area (Å²) in [6, 6.07) is 11.8. The normalized spacial score (nSPS) is 25.4. The summed E-state index contributed by atoms with van der Waals surface area (Å²) in [4.78, 5) is 52.3. The van der Waals surface area contributed by atoms with Crippen molar-refractivity contribution in [3.63, 3.8) is 0 Å². The number of ether oxygens (including phenoxy) is 1. The molecule has 1 aliphatic heterocycles. The van der Waals surface area contributed by atoms with Crippen molar-refractivity contribution in [1.82, 2.24) is 0 Å². The maximum Gasteiger partial charge on any atom is 0.338 e. The molecule has 0 unspecified atom stereocenters. The van der Waals surface area contributed by atoms with Gasteiger partial charge in [0.25, 0.3) is 0 Å². The molecule has 2 amide bonds. The average Bonchev–Trinajstić information content (AvgIpc) is 3.47. The number of amides is 2. The molecule has 162 valence electrons. The largest absolute Gasteiger partial charge is 0.454 e. The van der Waals surface area contributed by atoms with Crippen LogP contribution in [0.15, 0.2) is 54.6 Å². The fourth-order valence-electron chi connectivity index (χ4n) is 5.26. The van der Waals surface area contributed by atoms with Crippen molar-refractivity contribution >= 4 is 29.3 Å². The van der Waals surface area contributed by atoms with Crippen molar-refractivity contribution in [3.05, 3.63) is 76.9 Å². The van der Waals surface area contributed by atoms with E-state index in [1.165, 1.54) is 11.0 Å². The summed E-state index contributed by atoms with van der Waals surface area (Å²) in [5, 5.41) is 0. The number of allylic oxidation sites excluding steroid dienone is 2. The molecule has 2 aromatic rings. The molecule has 0 N–H and O–H groups in total. The second-order valence-electron chi connectivity index (χ2n) is 8.88. The van der Waals surface area contributed by atoms with Crippen molar-refractivity contribution in [1.29, 1.82) is 0 Å². The summed E-state index contributed by atoms with van der Waals surface area (Å²) in [6.45, 7) is 3.34. The van der Waals surface area contributed by atoms with Crippen LogP contribution in [0.5, 0.6) is 0 Å². The number of imide groups is 1. The van der Waals surface area contributed by atoms with Gasteiger partial charge >= 0.3 is 5.97 Å². The third-order valence-electron chi connectivity index (χ3n) is 6.84. The molecule has 0 radical (unpaired) electrons. The van der Waals surface area contributed by atoms with Crippen LogP contribution in [0.2, 0.25) is 0 Å². The van der Waals surface area contributed by atoms with Crippen LogP contribution in [0.3, 0.4) is 0 Å². The topological polar surface area (TPSA) is 80.8 Å². The Labute approximate surface area is 185 Å². The number of anilines is 1. The van der Waals surface area contributed by atoms with Crippen molar-refractivity contribution in [2.45, 2.75) is 20.3 Å². The zero-order valence-electron chi connectivity index (χ0n) is 17.9. The number of hydrogen-bond donors (Lipinski definition) is 0. The Kier molecular flexibility index (Phi) is 4.81. The van der Waals surface area contributed by atoms with E-state index >= 15 is 0 Å². The Morgan fingerprint density at radius 1 is 0.969 bits per heavy atom. The monoisotopic (exact) mass is 429 g/mol. The third-order valence-corrected chi connectivity index (χ3v) is 6.84. The third kappa shape index (κ3) is 3.18. The molecule has 2 aliphatic carbocycles. The molecule has 1 saturated carbocycles. The summed E-state index contributed by atoms with van der Waals surface area (Å²) in [7, 11) is 0. The highest BCUT2D eigenvalue weighted by Crippen LogP contribution is 2.53. The minimum absolute atomic E-state index is 0.121. The number of fused-ring (bicyclic) bond motifs is 5. The molecule has 1 saturated heterocycles. The highest BCUT2D eigenvalue weighted by molar-refractivity contribution is 6.23. The molecule has 1 heterocycles. The SMILES string of the molecule is Cc1ccc(C)c(C(=O)COC(=O)c2cccc(N3C(=O)[C@@H]4[C@H](C3=O)[C@H]3C=C[C@H]4C3)c2)c1. The van der Waals surface area contributed by atoms with Crippen LogP contribution in [0.1, 0.15) is 38.3 Å². The Morgan fingerprint density at radius 2 is 1.66 bits per heavy atom. The van der Waals surface area contributed by atoms with E-state index in [9.17, 15) is 19.2 Å². The van der Waals surface area contributed by atoms with Crippen molar-refractivity contribution in [2.24, 2.45) is 23.7 Å². The van der Waals surface area contributed by atoms with Gasteiger partial charge < -0.3 is 4.74 Å². The van der Waals surface area contributed by atoms with Crippen LogP contribution in [0.25, 0.3) is 0 Å². The zero-order valence-corrected chi connectivity index (χ0v) is 17.9. The lowest BCUT2D eigenvalue weighted by Crippen LogP contribution is -2.33. The minimum Gasteiger partial charge on any atom is -0.454 e. The van der Waals surface area contributed by atoms with Crippen LogP contribution in [-0.2, 0) is 14.3 Å². The second-order valence-corrected chi connectivity index (χ2v) is 8.88. The average molecular weight is 429 g/mol. The standard InChI is InChI=1S/C26H23NO5/c1-14-6-7-15(2)20(10-14)21(28)13-32-26(31)18-4-3-5-19(12-18)27-24(29)22-16-8-9-17(11-16)23(22)25(27)30/h3-10,12,16-17,22-23H,11,13H2,1-2H3/t16-,17-,22-,23+/m0/s1. The highest BCUT2D eigenvalue weighted by atomic mass is 16.5. The number of ketones is 1. The predicted octanol–water partition coefficient (Wildman–Crippen LogP) is 3.65. The molecule has 4 atom stereocenters. The number of nitrogens with zero attached hydrogens (tertiary/aromatic N) is 1. The van der Waals surface area contributed by atoms with Crippen LogP contribution < -0.4 is 4.90 Å². The van der Waals surface area contributed by atoms with Gasteiger partial charge in [0, 0.05) is 5.56 Å². The summed E-state index contributed by atoms with van der Waals surface area (Å²) < 4.78 is 5.24. The van der Waals surface area contributed by atoms with Crippen LogP contribution >= 0.6 is 0 Å². The molecule has 2 aromatic carbocycles. The molecule has 3 aliphatic rings. The lowest BCUT2D eigenvalue weighted by atomic mass is 9.85. The molecule has 6 nitrogen and oxygen atoms in total. The molecule has 32 heavy (non-hydrogen) atoms. The van der Waals surface area contributed by atoms with Crippen molar-refractivity contribution in [3.8, 4) is 0 Å². The first kappa shape index (κ1) is 20.4. The fraction of sp³-hybridized carbons (Fsp3) is 0.308. The lowest BCUT2D eigenvalue weighted by molar-refractivity contribution is -0.123. The maximum absolute atomic E-state index is 13.0. The van der Waals surface area contributed by atoms with Gasteiger partial charge in [-0.3, -0.25) is 14.4 Å². The van der Waals surface area contributed by atoms with E-state index in [2.05, 4.69) is 0 Å². The summed E-state index contributed by atoms with van der Waals surface area (Å²) in [5.74, 6) is -1.72. The van der Waals surface area contributed by atoms with Crippen molar-refractivity contribution < 1.29 is 23.9 Å². The van der Waals surface area contributed by atoms with E-state index in [-0.39, 0.29) is 53.4 Å². The maximum atomic E-state index is 13.0. The van der Waals surface area contributed by atoms with E-state index in [1.54, 1.807) is 24.3 Å². The molecular formula is C26H23NO5. The number of benzene rings is 2. The quantitative estimate of drug-likeness (QED) is 0.314. The van der Waals surface area contributed by atoms with Gasteiger partial charge in [0.1, 0.15) is 0 Å². The van der Waals surface area contributed by atoms with Crippen LogP contribution in [-0.4, -0.2) is 30.2 Å². The minimum atomic E-state index is -0.675. The van der Waals surface area contributed by atoms with Gasteiger partial charge in [0.05, 0.1) is 23.1 Å². The summed E-state index contributed by atoms with van der Waals surface area (Å²) in [5.41, 5.74) is 2.85. The van der Waals surface area contributed by atoms with Crippen LogP contribution in [0.4, 0.5) is 5.69 Å². The van der Waals surface area contributed by atoms with Gasteiger partial charge in [-0.15, -0.1) is 0 Å². The highest BCUT2D eigenvalue weighted by Gasteiger charge is 2.59. The molecule has 0 aromatic heterocycles. The lowest BCUT2D eigenvalue weighted by Gasteiger charge is -2.18. The molecule has 2 fully saturated rings. The van der Waals surface area contributed by atoms with Gasteiger partial charge in [-0.1, -0.05) is 35.9 Å². The summed E-state index contributed by atoms with van der Waals surface area (Å²) in [6.07, 6.45) is 4.95. The zero-order chi connectivity index (χ0) is 22.6. The van der Waals surface area contributed by atoms with Gasteiger partial charge in [-0.2, -0.15) is 0 Å².